The lowest BCUT2D eigenvalue weighted by molar-refractivity contribution is -0.122. The second kappa shape index (κ2) is 7.78. The fraction of sp³-hybridized carbons (Fsp3) is 0.526. The Labute approximate surface area is 148 Å². The Kier molecular flexibility index (Phi) is 5.48. The summed E-state index contributed by atoms with van der Waals surface area (Å²) in [5.74, 6) is 1.17. The number of carbonyl (C=O) groups is 1. The van der Waals surface area contributed by atoms with Crippen molar-refractivity contribution in [3.63, 3.8) is 0 Å². The van der Waals surface area contributed by atoms with E-state index < -0.39 is 0 Å². The van der Waals surface area contributed by atoms with Gasteiger partial charge in [0.15, 0.2) is 5.82 Å². The first-order valence-electron chi connectivity index (χ1n) is 8.81. The van der Waals surface area contributed by atoms with Crippen LogP contribution in [0.1, 0.15) is 56.5 Å². The highest BCUT2D eigenvalue weighted by Crippen LogP contribution is 2.27. The molecule has 0 spiro atoms. The second-order valence-electron chi connectivity index (χ2n) is 7.08. The van der Waals surface area contributed by atoms with E-state index in [-0.39, 0.29) is 17.4 Å². The Morgan fingerprint density at radius 1 is 1.32 bits per heavy atom. The van der Waals surface area contributed by atoms with Gasteiger partial charge < -0.3 is 14.6 Å². The van der Waals surface area contributed by atoms with Crippen molar-refractivity contribution < 1.29 is 14.1 Å². The predicted molar refractivity (Wildman–Crippen MR) is 93.0 cm³/mol. The number of rotatable bonds is 7. The van der Waals surface area contributed by atoms with E-state index >= 15 is 0 Å². The van der Waals surface area contributed by atoms with Crippen LogP contribution in [-0.4, -0.2) is 29.2 Å². The van der Waals surface area contributed by atoms with Crippen molar-refractivity contribution >= 4 is 5.91 Å². The minimum Gasteiger partial charge on any atom is -0.368 e. The van der Waals surface area contributed by atoms with Crippen LogP contribution in [0.25, 0.3) is 0 Å². The van der Waals surface area contributed by atoms with Gasteiger partial charge in [-0.25, -0.2) is 0 Å². The summed E-state index contributed by atoms with van der Waals surface area (Å²) in [5, 5.41) is 6.91. The first-order chi connectivity index (χ1) is 12.0. The zero-order chi connectivity index (χ0) is 17.7. The third-order valence-electron chi connectivity index (χ3n) is 4.52. The Balaban J connectivity index is 1.45. The van der Waals surface area contributed by atoms with Crippen LogP contribution >= 0.6 is 0 Å². The molecule has 1 amide bonds. The van der Waals surface area contributed by atoms with Crippen molar-refractivity contribution in [2.75, 3.05) is 13.2 Å². The second-order valence-corrected chi connectivity index (χ2v) is 7.08. The van der Waals surface area contributed by atoms with E-state index in [2.05, 4.69) is 41.4 Å². The van der Waals surface area contributed by atoms with E-state index in [1.54, 1.807) is 0 Å². The summed E-state index contributed by atoms with van der Waals surface area (Å²) in [6.45, 7) is 5.40. The number of nitrogens with one attached hydrogen (secondary N) is 1. The maximum absolute atomic E-state index is 12.2. The van der Waals surface area contributed by atoms with E-state index in [1.165, 1.54) is 0 Å². The Morgan fingerprint density at radius 3 is 2.84 bits per heavy atom. The summed E-state index contributed by atoms with van der Waals surface area (Å²) in [5.41, 5.74) is 0.953. The van der Waals surface area contributed by atoms with E-state index in [0.29, 0.717) is 31.1 Å². The topological polar surface area (TPSA) is 77.2 Å². The SMILES string of the molecule is CC(C)(CC(=O)NCCc1noc([C@@H]2CCCO2)n1)c1ccccc1. The molecule has 1 N–H and O–H groups in total. The molecule has 0 saturated carbocycles. The number of nitrogens with zero attached hydrogens (tertiary/aromatic N) is 2. The van der Waals surface area contributed by atoms with Gasteiger partial charge in [-0.3, -0.25) is 4.79 Å². The summed E-state index contributed by atoms with van der Waals surface area (Å²) in [6, 6.07) is 10.1. The van der Waals surface area contributed by atoms with E-state index in [0.717, 1.165) is 25.0 Å². The van der Waals surface area contributed by atoms with Gasteiger partial charge in [0, 0.05) is 26.0 Å². The third kappa shape index (κ3) is 4.66. The van der Waals surface area contributed by atoms with Gasteiger partial charge in [-0.2, -0.15) is 4.98 Å². The van der Waals surface area contributed by atoms with Gasteiger partial charge in [0.05, 0.1) is 0 Å². The van der Waals surface area contributed by atoms with Crippen molar-refractivity contribution in [1.82, 2.24) is 15.5 Å². The van der Waals surface area contributed by atoms with Crippen LogP contribution in [0.4, 0.5) is 0 Å². The minimum atomic E-state index is -0.204. The molecule has 1 fully saturated rings. The molecule has 0 bridgehead atoms. The smallest absolute Gasteiger partial charge is 0.255 e. The predicted octanol–water partition coefficient (Wildman–Crippen LogP) is 2.95. The normalized spacial score (nSPS) is 17.6. The molecular formula is C19H25N3O3. The highest BCUT2D eigenvalue weighted by atomic mass is 16.5. The van der Waals surface area contributed by atoms with Crippen molar-refractivity contribution in [3.05, 3.63) is 47.6 Å². The summed E-state index contributed by atoms with van der Waals surface area (Å²) in [6.07, 6.45) is 2.86. The van der Waals surface area contributed by atoms with Crippen molar-refractivity contribution in [2.24, 2.45) is 0 Å². The average molecular weight is 343 g/mol. The lowest BCUT2D eigenvalue weighted by Crippen LogP contribution is -2.32. The minimum absolute atomic E-state index is 0.0247. The molecule has 1 saturated heterocycles. The Morgan fingerprint density at radius 2 is 2.12 bits per heavy atom. The van der Waals surface area contributed by atoms with Gasteiger partial charge in [0.25, 0.3) is 5.89 Å². The van der Waals surface area contributed by atoms with E-state index in [9.17, 15) is 4.79 Å². The molecule has 6 nitrogen and oxygen atoms in total. The summed E-state index contributed by atoms with van der Waals surface area (Å²) < 4.78 is 10.8. The molecular weight excluding hydrogens is 318 g/mol. The van der Waals surface area contributed by atoms with Crippen LogP contribution in [-0.2, 0) is 21.4 Å². The third-order valence-corrected chi connectivity index (χ3v) is 4.52. The van der Waals surface area contributed by atoms with Gasteiger partial charge in [-0.05, 0) is 23.8 Å². The summed E-state index contributed by atoms with van der Waals surface area (Å²) in [7, 11) is 0. The fourth-order valence-corrected chi connectivity index (χ4v) is 3.04. The maximum Gasteiger partial charge on any atom is 0.255 e. The molecule has 1 aromatic carbocycles. The van der Waals surface area contributed by atoms with Gasteiger partial charge in [-0.15, -0.1) is 0 Å². The quantitative estimate of drug-likeness (QED) is 0.836. The number of ether oxygens (including phenoxy) is 1. The molecule has 25 heavy (non-hydrogen) atoms. The molecule has 0 unspecified atom stereocenters. The van der Waals surface area contributed by atoms with Crippen molar-refractivity contribution in [2.45, 2.75) is 51.0 Å². The van der Waals surface area contributed by atoms with Gasteiger partial charge >= 0.3 is 0 Å². The number of amides is 1. The monoisotopic (exact) mass is 343 g/mol. The van der Waals surface area contributed by atoms with Crippen LogP contribution in [0.5, 0.6) is 0 Å². The highest BCUT2D eigenvalue weighted by Gasteiger charge is 2.25. The zero-order valence-electron chi connectivity index (χ0n) is 14.8. The molecule has 0 radical (unpaired) electrons. The molecule has 3 rings (SSSR count). The number of aromatic nitrogens is 2. The first-order valence-corrected chi connectivity index (χ1v) is 8.81. The zero-order valence-corrected chi connectivity index (χ0v) is 14.8. The number of hydrogen-bond donors (Lipinski definition) is 1. The molecule has 6 heteroatoms. The molecule has 2 aromatic rings. The number of carbonyl (C=O) groups excluding carboxylic acids is 1. The molecule has 1 aromatic heterocycles. The maximum atomic E-state index is 12.2. The first kappa shape index (κ1) is 17.6. The fourth-order valence-electron chi connectivity index (χ4n) is 3.04. The lowest BCUT2D eigenvalue weighted by atomic mass is 9.81. The van der Waals surface area contributed by atoms with Crippen LogP contribution in [0.2, 0.25) is 0 Å². The highest BCUT2D eigenvalue weighted by molar-refractivity contribution is 5.77. The molecule has 1 atom stereocenters. The van der Waals surface area contributed by atoms with E-state index in [1.807, 2.05) is 18.2 Å². The van der Waals surface area contributed by atoms with Gasteiger partial charge in [-0.1, -0.05) is 49.3 Å². The van der Waals surface area contributed by atoms with Crippen molar-refractivity contribution in [3.8, 4) is 0 Å². The lowest BCUT2D eigenvalue weighted by Gasteiger charge is -2.24. The molecule has 1 aliphatic rings. The summed E-state index contributed by atoms with van der Waals surface area (Å²) in [4.78, 5) is 16.6. The van der Waals surface area contributed by atoms with Crippen LogP contribution in [0.3, 0.4) is 0 Å². The number of hydrogen-bond acceptors (Lipinski definition) is 5. The molecule has 2 heterocycles. The Bertz CT molecular complexity index is 691. The Hall–Kier alpha value is -2.21. The van der Waals surface area contributed by atoms with E-state index in [4.69, 9.17) is 9.26 Å². The largest absolute Gasteiger partial charge is 0.368 e. The molecule has 0 aliphatic carbocycles. The average Bonchev–Trinajstić information content (AvgIpc) is 3.26. The van der Waals surface area contributed by atoms with Gasteiger partial charge in [0.2, 0.25) is 5.91 Å². The van der Waals surface area contributed by atoms with Crippen LogP contribution in [0.15, 0.2) is 34.9 Å². The van der Waals surface area contributed by atoms with Crippen LogP contribution < -0.4 is 5.32 Å². The van der Waals surface area contributed by atoms with Gasteiger partial charge in [0.1, 0.15) is 6.10 Å². The number of benzene rings is 1. The van der Waals surface area contributed by atoms with Crippen LogP contribution in [0, 0.1) is 0 Å². The summed E-state index contributed by atoms with van der Waals surface area (Å²) >= 11 is 0. The molecule has 1 aliphatic heterocycles. The van der Waals surface area contributed by atoms with Crippen molar-refractivity contribution in [1.29, 1.82) is 0 Å². The molecule has 134 valence electrons. The standard InChI is InChI=1S/C19H25N3O3/c1-19(2,14-7-4-3-5-8-14)13-17(23)20-11-10-16-21-18(25-22-16)15-9-6-12-24-15/h3-5,7-8,15H,6,9-13H2,1-2H3,(H,20,23)/t15-/m0/s1.